The number of hydrogen-bond donors (Lipinski definition) is 0. The van der Waals surface area contributed by atoms with Crippen LogP contribution in [0.1, 0.15) is 17.2 Å². The van der Waals surface area contributed by atoms with Crippen molar-refractivity contribution in [1.82, 2.24) is 19.1 Å². The van der Waals surface area contributed by atoms with E-state index in [0.29, 0.717) is 16.7 Å². The molecule has 96 valence electrons. The predicted molar refractivity (Wildman–Crippen MR) is 71.6 cm³/mol. The summed E-state index contributed by atoms with van der Waals surface area (Å²) in [6.45, 7) is 3.87. The monoisotopic (exact) mass is 286 g/mol. The fraction of sp³-hybridized carbons (Fsp3) is 0.455. The molecule has 7 heteroatoms. The number of aromatic nitrogens is 3. The van der Waals surface area contributed by atoms with Crippen LogP contribution < -0.4 is 0 Å². The molecular weight excluding hydrogens is 275 g/mol. The maximum atomic E-state index is 13.2. The zero-order valence-electron chi connectivity index (χ0n) is 10.0. The first-order valence-electron chi connectivity index (χ1n) is 5.63. The highest BCUT2D eigenvalue weighted by molar-refractivity contribution is 7.93. The minimum absolute atomic E-state index is 0.183. The highest BCUT2D eigenvalue weighted by Gasteiger charge is 2.31. The molecule has 0 aliphatic carbocycles. The molecule has 3 heterocycles. The lowest BCUT2D eigenvalue weighted by molar-refractivity contribution is 0.186. The lowest BCUT2D eigenvalue weighted by atomic mass is 9.94. The Morgan fingerprint density at radius 3 is 2.78 bits per heavy atom. The maximum absolute atomic E-state index is 13.2. The van der Waals surface area contributed by atoms with Gasteiger partial charge in [0.2, 0.25) is 0 Å². The summed E-state index contributed by atoms with van der Waals surface area (Å²) in [6.07, 6.45) is 0. The number of halogens is 2. The van der Waals surface area contributed by atoms with E-state index in [1.165, 1.54) is 3.97 Å². The quantitative estimate of drug-likeness (QED) is 0.850. The van der Waals surface area contributed by atoms with Gasteiger partial charge in [-0.2, -0.15) is 0 Å². The van der Waals surface area contributed by atoms with Gasteiger partial charge in [-0.05, 0) is 25.6 Å². The first kappa shape index (κ1) is 12.2. The zero-order chi connectivity index (χ0) is 12.9. The molecule has 0 unspecified atom stereocenters. The largest absolute Gasteiger partial charge is 0.305 e. The van der Waals surface area contributed by atoms with Crippen LogP contribution in [0.3, 0.4) is 0 Å². The van der Waals surface area contributed by atoms with Gasteiger partial charge in [-0.15, -0.1) is 14.1 Å². The van der Waals surface area contributed by atoms with Gasteiger partial charge in [0, 0.05) is 30.1 Å². The highest BCUT2D eigenvalue weighted by atomic mass is 35.5. The zero-order valence-corrected chi connectivity index (χ0v) is 11.6. The van der Waals surface area contributed by atoms with Crippen LogP contribution in [0.25, 0.3) is 11.0 Å². The first-order valence-corrected chi connectivity index (χ1v) is 6.68. The molecule has 2 aromatic heterocycles. The Hall–Kier alpha value is -0.850. The summed E-state index contributed by atoms with van der Waals surface area (Å²) in [5.74, 6) is 0.353. The molecule has 0 aromatic carbocycles. The second-order valence-corrected chi connectivity index (χ2v) is 5.59. The van der Waals surface area contributed by atoms with Crippen molar-refractivity contribution in [1.29, 1.82) is 0 Å². The van der Waals surface area contributed by atoms with Gasteiger partial charge in [-0.1, -0.05) is 11.6 Å². The molecule has 0 amide bonds. The minimum Gasteiger partial charge on any atom is -0.305 e. The van der Waals surface area contributed by atoms with Crippen molar-refractivity contribution in [3.63, 3.8) is 0 Å². The number of fused-ring (bicyclic) bond motifs is 1. The van der Waals surface area contributed by atoms with Gasteiger partial charge in [0.1, 0.15) is 0 Å². The number of likely N-dealkylation sites (N-methyl/N-ethyl adjacent to an activating group) is 1. The van der Waals surface area contributed by atoms with Crippen LogP contribution in [0.2, 0.25) is 5.15 Å². The highest BCUT2D eigenvalue weighted by Crippen LogP contribution is 2.37. The van der Waals surface area contributed by atoms with Crippen molar-refractivity contribution >= 4 is 35.0 Å². The van der Waals surface area contributed by atoms with Crippen molar-refractivity contribution in [2.45, 2.75) is 12.8 Å². The van der Waals surface area contributed by atoms with Crippen LogP contribution in [-0.2, 0) is 0 Å². The second kappa shape index (κ2) is 4.36. The molecule has 2 aromatic rings. The molecule has 1 fully saturated rings. The van der Waals surface area contributed by atoms with Crippen molar-refractivity contribution < 1.29 is 3.89 Å². The smallest absolute Gasteiger partial charge is 0.175 e. The van der Waals surface area contributed by atoms with Crippen molar-refractivity contribution in [2.75, 3.05) is 20.1 Å². The number of likely N-dealkylation sites (tertiary alicyclic amines) is 1. The number of aryl methyl sites for hydroxylation is 1. The Kier molecular flexibility index (Phi) is 2.96. The van der Waals surface area contributed by atoms with Gasteiger partial charge < -0.3 is 4.90 Å². The van der Waals surface area contributed by atoms with Gasteiger partial charge in [0.15, 0.2) is 23.1 Å². The number of hydrogen-bond acceptors (Lipinski definition) is 4. The van der Waals surface area contributed by atoms with Crippen LogP contribution in [0.15, 0.2) is 6.07 Å². The number of nitrogens with zero attached hydrogens (tertiary/aromatic N) is 4. The average Bonchev–Trinajstić information content (AvgIpc) is 2.58. The molecule has 4 nitrogen and oxygen atoms in total. The fourth-order valence-electron chi connectivity index (χ4n) is 2.61. The third-order valence-corrected chi connectivity index (χ3v) is 4.16. The van der Waals surface area contributed by atoms with Gasteiger partial charge in [0.25, 0.3) is 0 Å². The second-order valence-electron chi connectivity index (χ2n) is 4.70. The van der Waals surface area contributed by atoms with Crippen LogP contribution in [0.5, 0.6) is 0 Å². The van der Waals surface area contributed by atoms with Gasteiger partial charge in [-0.3, -0.25) is 0 Å². The Balaban J connectivity index is 2.20. The predicted octanol–water partition coefficient (Wildman–Crippen LogP) is 2.80. The molecule has 0 atom stereocenters. The van der Waals surface area contributed by atoms with E-state index in [-0.39, 0.29) is 12.3 Å². The van der Waals surface area contributed by atoms with Crippen LogP contribution in [0.4, 0.5) is 3.89 Å². The van der Waals surface area contributed by atoms with Crippen molar-refractivity contribution in [3.05, 3.63) is 22.5 Å². The molecule has 0 radical (unpaired) electrons. The van der Waals surface area contributed by atoms with Crippen molar-refractivity contribution in [3.8, 4) is 0 Å². The van der Waals surface area contributed by atoms with E-state index in [4.69, 9.17) is 11.6 Å². The molecule has 3 rings (SSSR count). The van der Waals surface area contributed by atoms with E-state index in [1.807, 2.05) is 6.92 Å². The summed E-state index contributed by atoms with van der Waals surface area (Å²) in [7, 11) is 2.05. The summed E-state index contributed by atoms with van der Waals surface area (Å²) in [5, 5.41) is 9.01. The molecule has 1 aliphatic heterocycles. The van der Waals surface area contributed by atoms with Crippen LogP contribution in [-0.4, -0.2) is 39.2 Å². The lowest BCUT2D eigenvalue weighted by Gasteiger charge is -2.36. The summed E-state index contributed by atoms with van der Waals surface area (Å²) >= 11 is 6.04. The fourth-order valence-corrected chi connectivity index (χ4v) is 3.31. The Bertz CT molecular complexity index is 609. The third kappa shape index (κ3) is 1.71. The normalized spacial score (nSPS) is 17.3. The third-order valence-electron chi connectivity index (χ3n) is 3.46. The van der Waals surface area contributed by atoms with Crippen LogP contribution >= 0.6 is 23.9 Å². The molecule has 1 aliphatic rings. The number of rotatable bonds is 2. The van der Waals surface area contributed by atoms with E-state index < -0.39 is 0 Å². The summed E-state index contributed by atoms with van der Waals surface area (Å²) in [5.41, 5.74) is 2.59. The van der Waals surface area contributed by atoms with Gasteiger partial charge in [0.05, 0.1) is 0 Å². The van der Waals surface area contributed by atoms with Crippen molar-refractivity contribution in [2.24, 2.45) is 0 Å². The summed E-state index contributed by atoms with van der Waals surface area (Å²) < 4.78 is 14.7. The Labute approximate surface area is 114 Å². The van der Waals surface area contributed by atoms with Gasteiger partial charge >= 0.3 is 0 Å². The first-order chi connectivity index (χ1) is 8.61. The topological polar surface area (TPSA) is 34.0 Å². The molecule has 18 heavy (non-hydrogen) atoms. The molecule has 0 N–H and O–H groups in total. The SMILES string of the molecule is Cc1c(C2CN(C)C2)n(SF)c2nnc(Cl)cc12. The summed E-state index contributed by atoms with van der Waals surface area (Å²) in [6, 6.07) is 1.75. The molecule has 0 saturated carbocycles. The molecular formula is C11H12ClFN4S. The Morgan fingerprint density at radius 2 is 2.17 bits per heavy atom. The molecule has 1 saturated heterocycles. The van der Waals surface area contributed by atoms with Gasteiger partial charge in [-0.25, -0.2) is 3.97 Å². The van der Waals surface area contributed by atoms with E-state index in [2.05, 4.69) is 22.1 Å². The lowest BCUT2D eigenvalue weighted by Crippen LogP contribution is -2.42. The van der Waals surface area contributed by atoms with E-state index in [0.717, 1.165) is 29.7 Å². The van der Waals surface area contributed by atoms with E-state index >= 15 is 0 Å². The minimum atomic E-state index is 0.183. The standard InChI is InChI=1S/C11H12ClFN4S/c1-6-8-3-9(12)14-15-11(8)17(18-13)10(6)7-4-16(2)5-7/h3,7H,4-5H2,1-2H3. The Morgan fingerprint density at radius 1 is 1.44 bits per heavy atom. The molecule has 0 bridgehead atoms. The summed E-state index contributed by atoms with van der Waals surface area (Å²) in [4.78, 5) is 2.20. The van der Waals surface area contributed by atoms with E-state index in [9.17, 15) is 3.89 Å². The maximum Gasteiger partial charge on any atom is 0.175 e. The molecule has 0 spiro atoms. The average molecular weight is 287 g/mol. The van der Waals surface area contributed by atoms with E-state index in [1.54, 1.807) is 6.07 Å². The van der Waals surface area contributed by atoms with Crippen LogP contribution in [0, 0.1) is 6.92 Å².